The maximum atomic E-state index is 11.0. The van der Waals surface area contributed by atoms with Gasteiger partial charge in [-0.2, -0.15) is 0 Å². The molecule has 1 saturated heterocycles. The van der Waals surface area contributed by atoms with Crippen LogP contribution < -0.4 is 0 Å². The molecule has 0 unspecified atom stereocenters. The molecule has 72 valence electrons. The van der Waals surface area contributed by atoms with E-state index in [-0.39, 0.29) is 23.8 Å². The molecule has 0 spiro atoms. The van der Waals surface area contributed by atoms with Crippen molar-refractivity contribution in [2.24, 2.45) is 11.8 Å². The van der Waals surface area contributed by atoms with Crippen LogP contribution >= 0.6 is 0 Å². The number of Topliss-reactive ketones (excluding diaryl/α,β-unsaturated/α-hetero) is 1. The van der Waals surface area contributed by atoms with Gasteiger partial charge in [-0.3, -0.25) is 9.59 Å². The fraction of sp³-hybridized carbons (Fsp3) is 0.800. The van der Waals surface area contributed by atoms with Gasteiger partial charge < -0.3 is 4.74 Å². The average molecular weight is 182 g/mol. The molecule has 3 atom stereocenters. The lowest BCUT2D eigenvalue weighted by atomic mass is 10.0. The predicted molar refractivity (Wildman–Crippen MR) is 46.0 cm³/mol. The summed E-state index contributed by atoms with van der Waals surface area (Å²) < 4.78 is 5.20. The molecule has 1 heterocycles. The Balaban J connectivity index is 1.89. The summed E-state index contributed by atoms with van der Waals surface area (Å²) in [5.41, 5.74) is 0. The van der Waals surface area contributed by atoms with Crippen LogP contribution in [-0.4, -0.2) is 17.9 Å². The standard InChI is InChI=1S/C10H14O3/c1-6(11)7-5-8(7)9-3-2-4-10(12)13-9/h7-9H,2-5H2,1H3/t7-,8+,9-/m0/s1. The number of rotatable bonds is 2. The van der Waals surface area contributed by atoms with Gasteiger partial charge >= 0.3 is 5.97 Å². The summed E-state index contributed by atoms with van der Waals surface area (Å²) >= 11 is 0. The van der Waals surface area contributed by atoms with Crippen molar-refractivity contribution in [3.63, 3.8) is 0 Å². The summed E-state index contributed by atoms with van der Waals surface area (Å²) in [4.78, 5) is 22.0. The Morgan fingerprint density at radius 3 is 2.85 bits per heavy atom. The molecule has 0 aromatic carbocycles. The molecule has 1 aliphatic carbocycles. The summed E-state index contributed by atoms with van der Waals surface area (Å²) in [5.74, 6) is 0.662. The van der Waals surface area contributed by atoms with Crippen molar-refractivity contribution in [1.82, 2.24) is 0 Å². The lowest BCUT2D eigenvalue weighted by Crippen LogP contribution is -2.26. The zero-order valence-electron chi connectivity index (χ0n) is 7.79. The Kier molecular flexibility index (Phi) is 2.10. The molecular formula is C10H14O3. The normalized spacial score (nSPS) is 38.2. The van der Waals surface area contributed by atoms with E-state index in [0.717, 1.165) is 19.3 Å². The molecule has 0 aromatic rings. The van der Waals surface area contributed by atoms with Gasteiger partial charge in [-0.15, -0.1) is 0 Å². The number of carbonyl (C=O) groups excluding carboxylic acids is 2. The fourth-order valence-electron chi connectivity index (χ4n) is 2.13. The summed E-state index contributed by atoms with van der Waals surface area (Å²) in [6.45, 7) is 1.62. The van der Waals surface area contributed by atoms with Crippen molar-refractivity contribution in [2.75, 3.05) is 0 Å². The molecule has 0 aromatic heterocycles. The molecule has 2 aliphatic rings. The van der Waals surface area contributed by atoms with Gasteiger partial charge in [0.25, 0.3) is 0 Å². The highest BCUT2D eigenvalue weighted by molar-refractivity contribution is 5.81. The zero-order valence-corrected chi connectivity index (χ0v) is 7.79. The van der Waals surface area contributed by atoms with Crippen molar-refractivity contribution in [3.8, 4) is 0 Å². The molecule has 1 aliphatic heterocycles. The first kappa shape index (κ1) is 8.73. The minimum absolute atomic E-state index is 0.0372. The van der Waals surface area contributed by atoms with Crippen LogP contribution in [0.15, 0.2) is 0 Å². The third kappa shape index (κ3) is 1.74. The van der Waals surface area contributed by atoms with Crippen molar-refractivity contribution < 1.29 is 14.3 Å². The van der Waals surface area contributed by atoms with E-state index < -0.39 is 0 Å². The molecular weight excluding hydrogens is 168 g/mol. The van der Waals surface area contributed by atoms with E-state index in [0.29, 0.717) is 12.3 Å². The first-order chi connectivity index (χ1) is 6.18. The van der Waals surface area contributed by atoms with Gasteiger partial charge in [0.2, 0.25) is 0 Å². The van der Waals surface area contributed by atoms with Crippen LogP contribution in [0.2, 0.25) is 0 Å². The van der Waals surface area contributed by atoms with Gasteiger partial charge in [0, 0.05) is 18.3 Å². The monoisotopic (exact) mass is 182 g/mol. The van der Waals surface area contributed by atoms with Gasteiger partial charge in [-0.05, 0) is 26.2 Å². The Morgan fingerprint density at radius 2 is 2.31 bits per heavy atom. The van der Waals surface area contributed by atoms with Crippen molar-refractivity contribution in [3.05, 3.63) is 0 Å². The summed E-state index contributed by atoms with van der Waals surface area (Å²) in [6, 6.07) is 0. The number of esters is 1. The van der Waals surface area contributed by atoms with E-state index in [1.807, 2.05) is 0 Å². The minimum Gasteiger partial charge on any atom is -0.462 e. The molecule has 0 radical (unpaired) electrons. The van der Waals surface area contributed by atoms with E-state index in [1.165, 1.54) is 0 Å². The van der Waals surface area contributed by atoms with Crippen LogP contribution in [0.25, 0.3) is 0 Å². The van der Waals surface area contributed by atoms with Gasteiger partial charge in [0.1, 0.15) is 11.9 Å². The second kappa shape index (κ2) is 3.13. The molecule has 0 amide bonds. The molecule has 13 heavy (non-hydrogen) atoms. The van der Waals surface area contributed by atoms with Gasteiger partial charge in [-0.1, -0.05) is 0 Å². The van der Waals surface area contributed by atoms with E-state index in [1.54, 1.807) is 6.92 Å². The van der Waals surface area contributed by atoms with E-state index in [9.17, 15) is 9.59 Å². The number of ketones is 1. The molecule has 0 bridgehead atoms. The van der Waals surface area contributed by atoms with E-state index in [4.69, 9.17) is 4.74 Å². The third-order valence-electron chi connectivity index (χ3n) is 2.99. The number of ether oxygens (including phenoxy) is 1. The number of hydrogen-bond donors (Lipinski definition) is 0. The van der Waals surface area contributed by atoms with Gasteiger partial charge in [-0.25, -0.2) is 0 Å². The second-order valence-corrected chi connectivity index (χ2v) is 4.04. The smallest absolute Gasteiger partial charge is 0.306 e. The third-order valence-corrected chi connectivity index (χ3v) is 2.99. The fourth-order valence-corrected chi connectivity index (χ4v) is 2.13. The van der Waals surface area contributed by atoms with E-state index in [2.05, 4.69) is 0 Å². The summed E-state index contributed by atoms with van der Waals surface area (Å²) in [6.07, 6.45) is 3.38. The quantitative estimate of drug-likeness (QED) is 0.605. The van der Waals surface area contributed by atoms with Crippen LogP contribution in [0, 0.1) is 11.8 Å². The average Bonchev–Trinajstić information content (AvgIpc) is 2.82. The first-order valence-corrected chi connectivity index (χ1v) is 4.88. The van der Waals surface area contributed by atoms with Crippen LogP contribution in [0.5, 0.6) is 0 Å². The highest BCUT2D eigenvalue weighted by Crippen LogP contribution is 2.45. The van der Waals surface area contributed by atoms with Gasteiger partial charge in [0.15, 0.2) is 0 Å². The SMILES string of the molecule is CC(=O)[C@@H]1C[C@H]1[C@@H]1CCCC(=O)O1. The second-order valence-electron chi connectivity index (χ2n) is 4.04. The Labute approximate surface area is 77.4 Å². The Hall–Kier alpha value is -0.860. The van der Waals surface area contributed by atoms with Crippen LogP contribution in [0.4, 0.5) is 0 Å². The summed E-state index contributed by atoms with van der Waals surface area (Å²) in [5, 5.41) is 0. The summed E-state index contributed by atoms with van der Waals surface area (Å²) in [7, 11) is 0. The maximum Gasteiger partial charge on any atom is 0.306 e. The predicted octanol–water partition coefficient (Wildman–Crippen LogP) is 1.31. The highest BCUT2D eigenvalue weighted by Gasteiger charge is 2.48. The maximum absolute atomic E-state index is 11.0. The van der Waals surface area contributed by atoms with Crippen molar-refractivity contribution in [2.45, 2.75) is 38.7 Å². The Morgan fingerprint density at radius 1 is 1.54 bits per heavy atom. The van der Waals surface area contributed by atoms with Crippen LogP contribution in [-0.2, 0) is 14.3 Å². The van der Waals surface area contributed by atoms with Crippen molar-refractivity contribution >= 4 is 11.8 Å². The molecule has 2 rings (SSSR count). The van der Waals surface area contributed by atoms with Crippen LogP contribution in [0.1, 0.15) is 32.6 Å². The van der Waals surface area contributed by atoms with Crippen LogP contribution in [0.3, 0.4) is 0 Å². The molecule has 3 heteroatoms. The highest BCUT2D eigenvalue weighted by atomic mass is 16.5. The zero-order chi connectivity index (χ0) is 9.42. The molecule has 0 N–H and O–H groups in total. The van der Waals surface area contributed by atoms with Crippen molar-refractivity contribution in [1.29, 1.82) is 0 Å². The lowest BCUT2D eigenvalue weighted by molar-refractivity contribution is -0.155. The molecule has 1 saturated carbocycles. The molecule has 3 nitrogen and oxygen atoms in total. The largest absolute Gasteiger partial charge is 0.462 e. The number of carbonyl (C=O) groups is 2. The van der Waals surface area contributed by atoms with E-state index >= 15 is 0 Å². The number of cyclic esters (lactones) is 1. The lowest BCUT2D eigenvalue weighted by Gasteiger charge is -2.22. The minimum atomic E-state index is -0.0922. The van der Waals surface area contributed by atoms with Gasteiger partial charge in [0.05, 0.1) is 0 Å². The molecule has 2 fully saturated rings. The number of hydrogen-bond acceptors (Lipinski definition) is 3. The topological polar surface area (TPSA) is 43.4 Å². The Bertz CT molecular complexity index is 247. The first-order valence-electron chi connectivity index (χ1n) is 4.88.